The Balaban J connectivity index is 2.13. The first-order chi connectivity index (χ1) is 6.83. The van der Waals surface area contributed by atoms with Gasteiger partial charge in [-0.15, -0.1) is 0 Å². The minimum Gasteiger partial charge on any atom is -0.494 e. The van der Waals surface area contributed by atoms with E-state index in [1.165, 1.54) is 13.5 Å². The van der Waals surface area contributed by atoms with Crippen molar-refractivity contribution in [2.45, 2.75) is 6.42 Å². The number of benzene rings is 1. The van der Waals surface area contributed by atoms with Crippen LogP contribution in [0, 0.1) is 6.42 Å². The van der Waals surface area contributed by atoms with E-state index in [4.69, 9.17) is 4.74 Å². The van der Waals surface area contributed by atoms with Gasteiger partial charge in [-0.2, -0.15) is 0 Å². The van der Waals surface area contributed by atoms with E-state index in [1.54, 1.807) is 0 Å². The van der Waals surface area contributed by atoms with Gasteiger partial charge in [0.15, 0.2) is 0 Å². The standard InChI is InChI=1S/C11H13O3/c1-13-11(12)8-5-9-14-10-6-3-2-4-7-10/h2-4,6-8H,5,9H2,1H3. The molecule has 1 aromatic rings. The van der Waals surface area contributed by atoms with Crippen LogP contribution in [0.4, 0.5) is 0 Å². The van der Waals surface area contributed by atoms with E-state index in [-0.39, 0.29) is 5.97 Å². The van der Waals surface area contributed by atoms with Crippen LogP contribution in [0.1, 0.15) is 6.42 Å². The monoisotopic (exact) mass is 193 g/mol. The Bertz CT molecular complexity index is 269. The predicted octanol–water partition coefficient (Wildman–Crippen LogP) is 1.83. The molecule has 0 aliphatic heterocycles. The molecule has 0 saturated carbocycles. The Labute approximate surface area is 83.6 Å². The van der Waals surface area contributed by atoms with Gasteiger partial charge in [0.05, 0.1) is 20.1 Å². The molecule has 0 unspecified atom stereocenters. The molecule has 14 heavy (non-hydrogen) atoms. The van der Waals surface area contributed by atoms with Crippen LogP contribution >= 0.6 is 0 Å². The number of esters is 1. The summed E-state index contributed by atoms with van der Waals surface area (Å²) < 4.78 is 9.81. The summed E-state index contributed by atoms with van der Waals surface area (Å²) in [5.74, 6) is 0.493. The molecule has 0 heterocycles. The smallest absolute Gasteiger partial charge is 0.309 e. The number of carbonyl (C=O) groups excluding carboxylic acids is 1. The predicted molar refractivity (Wildman–Crippen MR) is 52.9 cm³/mol. The van der Waals surface area contributed by atoms with E-state index in [2.05, 4.69) is 4.74 Å². The SMILES string of the molecule is COC(=O)[CH]CCOc1ccccc1. The highest BCUT2D eigenvalue weighted by atomic mass is 16.5. The second-order valence-corrected chi connectivity index (χ2v) is 2.68. The van der Waals surface area contributed by atoms with Crippen LogP contribution in [0.25, 0.3) is 0 Å². The maximum Gasteiger partial charge on any atom is 0.309 e. The molecule has 0 amide bonds. The molecule has 75 valence electrons. The van der Waals surface area contributed by atoms with Gasteiger partial charge in [0.25, 0.3) is 0 Å². The van der Waals surface area contributed by atoms with Gasteiger partial charge in [-0.05, 0) is 18.6 Å². The summed E-state index contributed by atoms with van der Waals surface area (Å²) in [6.45, 7) is 0.485. The molecule has 1 radical (unpaired) electrons. The van der Waals surface area contributed by atoms with Crippen LogP contribution < -0.4 is 4.74 Å². The van der Waals surface area contributed by atoms with Gasteiger partial charge in [0.2, 0.25) is 0 Å². The van der Waals surface area contributed by atoms with Crippen LogP contribution in [0.2, 0.25) is 0 Å². The highest BCUT2D eigenvalue weighted by Crippen LogP contribution is 2.08. The third-order valence-electron chi connectivity index (χ3n) is 1.64. The van der Waals surface area contributed by atoms with Crippen molar-refractivity contribution in [1.82, 2.24) is 0 Å². The summed E-state index contributed by atoms with van der Waals surface area (Å²) >= 11 is 0. The Morgan fingerprint density at radius 2 is 2.07 bits per heavy atom. The van der Waals surface area contributed by atoms with Gasteiger partial charge in [-0.3, -0.25) is 4.79 Å². The zero-order chi connectivity index (χ0) is 10.2. The first kappa shape index (κ1) is 10.6. The van der Waals surface area contributed by atoms with Crippen molar-refractivity contribution < 1.29 is 14.3 Å². The summed E-state index contributed by atoms with van der Waals surface area (Å²) in [6.07, 6.45) is 2.02. The lowest BCUT2D eigenvalue weighted by atomic mass is 10.3. The van der Waals surface area contributed by atoms with Crippen molar-refractivity contribution in [3.63, 3.8) is 0 Å². The van der Waals surface area contributed by atoms with E-state index < -0.39 is 0 Å². The number of carbonyl (C=O) groups is 1. The average Bonchev–Trinajstić information content (AvgIpc) is 2.25. The summed E-state index contributed by atoms with van der Waals surface area (Å²) in [6, 6.07) is 9.47. The molecule has 3 nitrogen and oxygen atoms in total. The lowest BCUT2D eigenvalue weighted by Gasteiger charge is -2.04. The topological polar surface area (TPSA) is 35.5 Å². The summed E-state index contributed by atoms with van der Waals surface area (Å²) in [7, 11) is 1.36. The summed E-state index contributed by atoms with van der Waals surface area (Å²) in [5.41, 5.74) is 0. The number of hydrogen-bond acceptors (Lipinski definition) is 3. The van der Waals surface area contributed by atoms with E-state index in [0.29, 0.717) is 13.0 Å². The third kappa shape index (κ3) is 3.94. The molecule has 0 N–H and O–H groups in total. The fraction of sp³-hybridized carbons (Fsp3) is 0.273. The second kappa shape index (κ2) is 6.02. The number of para-hydroxylation sites is 1. The largest absolute Gasteiger partial charge is 0.494 e. The van der Waals surface area contributed by atoms with Crippen LogP contribution in [0.3, 0.4) is 0 Å². The minimum absolute atomic E-state index is 0.318. The van der Waals surface area contributed by atoms with E-state index in [9.17, 15) is 4.79 Å². The first-order valence-corrected chi connectivity index (χ1v) is 4.42. The van der Waals surface area contributed by atoms with Crippen molar-refractivity contribution >= 4 is 5.97 Å². The third-order valence-corrected chi connectivity index (χ3v) is 1.64. The Morgan fingerprint density at radius 3 is 2.71 bits per heavy atom. The highest BCUT2D eigenvalue weighted by molar-refractivity contribution is 5.78. The molecule has 1 rings (SSSR count). The molecular formula is C11H13O3. The number of methoxy groups -OCH3 is 1. The van der Waals surface area contributed by atoms with E-state index in [0.717, 1.165) is 5.75 Å². The molecular weight excluding hydrogens is 180 g/mol. The van der Waals surface area contributed by atoms with Crippen molar-refractivity contribution in [3.05, 3.63) is 36.8 Å². The number of hydrogen-bond donors (Lipinski definition) is 0. The Morgan fingerprint density at radius 1 is 1.36 bits per heavy atom. The molecule has 0 aliphatic rings. The van der Waals surface area contributed by atoms with Crippen LogP contribution in [-0.4, -0.2) is 19.7 Å². The fourth-order valence-corrected chi connectivity index (χ4v) is 0.954. The number of rotatable bonds is 5. The zero-order valence-electron chi connectivity index (χ0n) is 8.10. The Hall–Kier alpha value is -1.51. The maximum absolute atomic E-state index is 10.7. The maximum atomic E-state index is 10.7. The highest BCUT2D eigenvalue weighted by Gasteiger charge is 2.00. The van der Waals surface area contributed by atoms with E-state index >= 15 is 0 Å². The minimum atomic E-state index is -0.318. The molecule has 0 bridgehead atoms. The second-order valence-electron chi connectivity index (χ2n) is 2.68. The number of ether oxygens (including phenoxy) is 2. The lowest BCUT2D eigenvalue weighted by molar-refractivity contribution is -0.136. The molecule has 0 fully saturated rings. The van der Waals surface area contributed by atoms with Gasteiger partial charge in [-0.25, -0.2) is 0 Å². The van der Waals surface area contributed by atoms with Crippen molar-refractivity contribution in [1.29, 1.82) is 0 Å². The molecule has 0 aromatic heterocycles. The summed E-state index contributed by atoms with van der Waals surface area (Å²) in [4.78, 5) is 10.7. The van der Waals surface area contributed by atoms with Crippen molar-refractivity contribution in [2.75, 3.05) is 13.7 Å². The quantitative estimate of drug-likeness (QED) is 0.528. The van der Waals surface area contributed by atoms with Crippen LogP contribution in [0.15, 0.2) is 30.3 Å². The summed E-state index contributed by atoms with van der Waals surface area (Å²) in [5, 5.41) is 0. The van der Waals surface area contributed by atoms with Gasteiger partial charge in [0, 0.05) is 0 Å². The first-order valence-electron chi connectivity index (χ1n) is 4.42. The Kier molecular flexibility index (Phi) is 4.55. The van der Waals surface area contributed by atoms with Crippen LogP contribution in [0.5, 0.6) is 5.75 Å². The lowest BCUT2D eigenvalue weighted by Crippen LogP contribution is -2.05. The molecule has 3 heteroatoms. The van der Waals surface area contributed by atoms with Gasteiger partial charge >= 0.3 is 5.97 Å². The fourth-order valence-electron chi connectivity index (χ4n) is 0.954. The van der Waals surface area contributed by atoms with Gasteiger partial charge < -0.3 is 9.47 Å². The van der Waals surface area contributed by atoms with Crippen LogP contribution in [-0.2, 0) is 9.53 Å². The molecule has 0 aliphatic carbocycles. The van der Waals surface area contributed by atoms with Crippen molar-refractivity contribution in [3.8, 4) is 5.75 Å². The zero-order valence-corrected chi connectivity index (χ0v) is 8.10. The van der Waals surface area contributed by atoms with Crippen molar-refractivity contribution in [2.24, 2.45) is 0 Å². The van der Waals surface area contributed by atoms with Gasteiger partial charge in [0.1, 0.15) is 5.75 Å². The normalized spacial score (nSPS) is 9.50. The molecule has 1 aromatic carbocycles. The average molecular weight is 193 g/mol. The molecule has 0 saturated heterocycles. The van der Waals surface area contributed by atoms with Gasteiger partial charge in [-0.1, -0.05) is 18.2 Å². The van der Waals surface area contributed by atoms with E-state index in [1.807, 2.05) is 30.3 Å². The molecule has 0 atom stereocenters. The molecule has 0 spiro atoms.